The van der Waals surface area contributed by atoms with Crippen molar-refractivity contribution in [1.29, 1.82) is 0 Å². The Hall–Kier alpha value is -0.550. The topological polar surface area (TPSA) is 20.3 Å². The van der Waals surface area contributed by atoms with E-state index in [1.54, 1.807) is 29.2 Å². The van der Waals surface area contributed by atoms with Crippen LogP contribution in [-0.4, -0.2) is 20.7 Å². The van der Waals surface area contributed by atoms with Crippen molar-refractivity contribution >= 4 is 63.5 Å². The van der Waals surface area contributed by atoms with E-state index in [4.69, 9.17) is 35.4 Å². The van der Waals surface area contributed by atoms with E-state index in [9.17, 15) is 4.79 Å². The van der Waals surface area contributed by atoms with Gasteiger partial charge in [-0.05, 0) is 39.0 Å². The Bertz CT molecular complexity index is 600. The maximum Gasteiger partial charge on any atom is 0.266 e. The number of amides is 1. The van der Waals surface area contributed by atoms with Crippen LogP contribution in [0, 0.1) is 0 Å². The number of hydrogen-bond donors (Lipinski definition) is 0. The molecule has 1 aromatic carbocycles. The van der Waals surface area contributed by atoms with Crippen LogP contribution in [0.4, 0.5) is 0 Å². The first-order valence-corrected chi connectivity index (χ1v) is 7.92. The zero-order valence-electron chi connectivity index (χ0n) is 11.2. The molecule has 20 heavy (non-hydrogen) atoms. The molecule has 0 unspecified atom stereocenters. The number of carbonyl (C=O) groups excluding carboxylic acids is 1. The Labute approximate surface area is 138 Å². The molecule has 1 saturated heterocycles. The molecule has 1 aliphatic heterocycles. The summed E-state index contributed by atoms with van der Waals surface area (Å²) < 4.78 is 0.553. The van der Waals surface area contributed by atoms with Crippen molar-refractivity contribution in [2.75, 3.05) is 0 Å². The van der Waals surface area contributed by atoms with Crippen molar-refractivity contribution in [1.82, 2.24) is 4.90 Å². The first-order valence-electron chi connectivity index (χ1n) is 5.94. The summed E-state index contributed by atoms with van der Waals surface area (Å²) in [5, 5.41) is 1.03. The lowest BCUT2D eigenvalue weighted by Gasteiger charge is -2.30. The number of carbonyl (C=O) groups is 1. The normalized spacial score (nSPS) is 18.2. The number of rotatable bonds is 1. The monoisotopic (exact) mass is 345 g/mol. The van der Waals surface area contributed by atoms with Crippen LogP contribution >= 0.6 is 47.2 Å². The van der Waals surface area contributed by atoms with Crippen LogP contribution in [-0.2, 0) is 4.79 Å². The largest absolute Gasteiger partial charge is 0.288 e. The van der Waals surface area contributed by atoms with Crippen LogP contribution in [0.3, 0.4) is 0 Å². The van der Waals surface area contributed by atoms with Crippen LogP contribution in [0.2, 0.25) is 10.0 Å². The van der Waals surface area contributed by atoms with Gasteiger partial charge in [0.15, 0.2) is 0 Å². The van der Waals surface area contributed by atoms with Gasteiger partial charge in [0.25, 0.3) is 5.91 Å². The van der Waals surface area contributed by atoms with Gasteiger partial charge in [-0.2, -0.15) is 0 Å². The van der Waals surface area contributed by atoms with Gasteiger partial charge in [0, 0.05) is 21.1 Å². The maximum atomic E-state index is 12.5. The van der Waals surface area contributed by atoms with Gasteiger partial charge in [0.1, 0.15) is 4.32 Å². The molecule has 1 aliphatic rings. The van der Waals surface area contributed by atoms with Crippen molar-refractivity contribution in [3.63, 3.8) is 0 Å². The van der Waals surface area contributed by atoms with Crippen molar-refractivity contribution in [2.24, 2.45) is 0 Å². The van der Waals surface area contributed by atoms with Gasteiger partial charge < -0.3 is 0 Å². The molecule has 0 spiro atoms. The van der Waals surface area contributed by atoms with E-state index in [1.807, 2.05) is 20.8 Å². The van der Waals surface area contributed by atoms with Crippen LogP contribution < -0.4 is 0 Å². The van der Waals surface area contributed by atoms with Gasteiger partial charge in [0.05, 0.1) is 4.91 Å². The minimum Gasteiger partial charge on any atom is -0.288 e. The van der Waals surface area contributed by atoms with E-state index in [-0.39, 0.29) is 11.4 Å². The molecule has 0 atom stereocenters. The molecule has 0 saturated carbocycles. The molecule has 1 amide bonds. The van der Waals surface area contributed by atoms with Gasteiger partial charge in [-0.1, -0.05) is 53.2 Å². The third-order valence-electron chi connectivity index (χ3n) is 2.74. The average molecular weight is 346 g/mol. The first-order chi connectivity index (χ1) is 9.21. The molecule has 2 nitrogen and oxygen atoms in total. The predicted octanol–water partition coefficient (Wildman–Crippen LogP) is 4.99. The van der Waals surface area contributed by atoms with E-state index >= 15 is 0 Å². The number of thioether (sulfide) groups is 1. The lowest BCUT2D eigenvalue weighted by atomic mass is 10.1. The predicted molar refractivity (Wildman–Crippen MR) is 91.2 cm³/mol. The number of halogens is 2. The van der Waals surface area contributed by atoms with Crippen LogP contribution in [0.15, 0.2) is 23.1 Å². The second-order valence-corrected chi connectivity index (χ2v) is 7.81. The summed E-state index contributed by atoms with van der Waals surface area (Å²) in [7, 11) is 0. The second-order valence-electron chi connectivity index (χ2n) is 5.32. The third-order valence-corrected chi connectivity index (χ3v) is 4.70. The Morgan fingerprint density at radius 2 is 1.80 bits per heavy atom. The van der Waals surface area contributed by atoms with Gasteiger partial charge in [-0.25, -0.2) is 0 Å². The lowest BCUT2D eigenvalue weighted by Crippen LogP contribution is -2.44. The molecule has 0 aromatic heterocycles. The highest BCUT2D eigenvalue weighted by Gasteiger charge is 2.39. The summed E-state index contributed by atoms with van der Waals surface area (Å²) in [5.41, 5.74) is 0.298. The van der Waals surface area contributed by atoms with Crippen LogP contribution in [0.25, 0.3) is 6.08 Å². The average Bonchev–Trinajstić information content (AvgIpc) is 2.58. The SMILES string of the molecule is CC(C)(C)N1C(=O)C(=Cc2c(Cl)cccc2Cl)SC1=S. The molecule has 1 heterocycles. The Balaban J connectivity index is 2.43. The summed E-state index contributed by atoms with van der Waals surface area (Å²) >= 11 is 18.8. The molecule has 0 aliphatic carbocycles. The fourth-order valence-corrected chi connectivity index (χ4v) is 3.95. The molecule has 1 aromatic rings. The summed E-state index contributed by atoms with van der Waals surface area (Å²) in [5.74, 6) is -0.108. The molecule has 0 N–H and O–H groups in total. The van der Waals surface area contributed by atoms with E-state index in [1.165, 1.54) is 11.8 Å². The minimum absolute atomic E-state index is 0.108. The van der Waals surface area contributed by atoms with E-state index in [0.29, 0.717) is 24.8 Å². The Kier molecular flexibility index (Phi) is 4.50. The zero-order chi connectivity index (χ0) is 15.1. The first kappa shape index (κ1) is 15.8. The fraction of sp³-hybridized carbons (Fsp3) is 0.286. The van der Waals surface area contributed by atoms with E-state index < -0.39 is 0 Å². The van der Waals surface area contributed by atoms with Crippen LogP contribution in [0.1, 0.15) is 26.3 Å². The standard InChI is InChI=1S/C14H13Cl2NOS2/c1-14(2,3)17-12(18)11(20-13(17)19)7-8-9(15)5-4-6-10(8)16/h4-7H,1-3H3. The summed E-state index contributed by atoms with van der Waals surface area (Å²) in [4.78, 5) is 14.6. The minimum atomic E-state index is -0.346. The zero-order valence-corrected chi connectivity index (χ0v) is 14.4. The highest BCUT2D eigenvalue weighted by molar-refractivity contribution is 8.26. The number of hydrogen-bond acceptors (Lipinski definition) is 3. The van der Waals surface area contributed by atoms with Crippen molar-refractivity contribution in [3.05, 3.63) is 38.7 Å². The maximum absolute atomic E-state index is 12.5. The summed E-state index contributed by atoms with van der Waals surface area (Å²) in [6.45, 7) is 5.84. The molecule has 0 radical (unpaired) electrons. The van der Waals surface area contributed by atoms with Gasteiger partial charge in [-0.3, -0.25) is 9.69 Å². The van der Waals surface area contributed by atoms with Crippen LogP contribution in [0.5, 0.6) is 0 Å². The van der Waals surface area contributed by atoms with Crippen molar-refractivity contribution in [3.8, 4) is 0 Å². The summed E-state index contributed by atoms with van der Waals surface area (Å²) in [6.07, 6.45) is 1.70. The Morgan fingerprint density at radius 3 is 2.25 bits per heavy atom. The summed E-state index contributed by atoms with van der Waals surface area (Å²) in [6, 6.07) is 5.25. The molecule has 1 fully saturated rings. The highest BCUT2D eigenvalue weighted by atomic mass is 35.5. The molecule has 2 rings (SSSR count). The van der Waals surface area contributed by atoms with Gasteiger partial charge in [0.2, 0.25) is 0 Å². The quantitative estimate of drug-likeness (QED) is 0.528. The number of benzene rings is 1. The molecular weight excluding hydrogens is 333 g/mol. The van der Waals surface area contributed by atoms with E-state index in [2.05, 4.69) is 0 Å². The highest BCUT2D eigenvalue weighted by Crippen LogP contribution is 2.38. The molecule has 0 bridgehead atoms. The smallest absolute Gasteiger partial charge is 0.266 e. The molecule has 106 valence electrons. The number of thiocarbonyl (C=S) groups is 1. The second kappa shape index (κ2) is 5.68. The van der Waals surface area contributed by atoms with E-state index in [0.717, 1.165) is 0 Å². The number of nitrogens with zero attached hydrogens (tertiary/aromatic N) is 1. The van der Waals surface area contributed by atoms with Crippen molar-refractivity contribution < 1.29 is 4.79 Å². The lowest BCUT2D eigenvalue weighted by molar-refractivity contribution is -0.125. The fourth-order valence-electron chi connectivity index (χ4n) is 1.83. The molecule has 6 heteroatoms. The third kappa shape index (κ3) is 3.03. The van der Waals surface area contributed by atoms with Gasteiger partial charge >= 0.3 is 0 Å². The van der Waals surface area contributed by atoms with Gasteiger partial charge in [-0.15, -0.1) is 0 Å². The molecular formula is C14H13Cl2NOS2. The Morgan fingerprint density at radius 1 is 1.25 bits per heavy atom. The van der Waals surface area contributed by atoms with Crippen molar-refractivity contribution in [2.45, 2.75) is 26.3 Å².